The van der Waals surface area contributed by atoms with E-state index in [0.717, 1.165) is 6.26 Å². The minimum Gasteiger partial charge on any atom is -0.379 e. The van der Waals surface area contributed by atoms with Crippen molar-refractivity contribution in [3.8, 4) is 0 Å². The number of nitrogens with one attached hydrogen (secondary N) is 3. The number of carbonyl (C=O) groups excluding carboxylic acids is 1. The molecule has 0 bridgehead atoms. The summed E-state index contributed by atoms with van der Waals surface area (Å²) in [5.74, 6) is 0. The van der Waals surface area contributed by atoms with Gasteiger partial charge in [-0.2, -0.15) is 4.31 Å². The van der Waals surface area contributed by atoms with Gasteiger partial charge in [0.1, 0.15) is 0 Å². The van der Waals surface area contributed by atoms with Gasteiger partial charge in [-0.15, -0.1) is 0 Å². The van der Waals surface area contributed by atoms with Gasteiger partial charge in [0, 0.05) is 24.5 Å². The fourth-order valence-electron chi connectivity index (χ4n) is 2.82. The number of rotatable bonds is 6. The van der Waals surface area contributed by atoms with E-state index in [1.165, 1.54) is 46.8 Å². The number of morpholine rings is 1. The lowest BCUT2D eigenvalue weighted by molar-refractivity contribution is 0.0730. The summed E-state index contributed by atoms with van der Waals surface area (Å²) in [6, 6.07) is 9.41. The van der Waals surface area contributed by atoms with E-state index in [-0.39, 0.29) is 28.7 Å². The summed E-state index contributed by atoms with van der Waals surface area (Å²) in [5, 5.41) is 5.26. The van der Waals surface area contributed by atoms with Crippen molar-refractivity contribution in [1.82, 2.24) is 4.31 Å². The highest BCUT2D eigenvalue weighted by molar-refractivity contribution is 7.92. The van der Waals surface area contributed by atoms with Gasteiger partial charge in [0.05, 0.1) is 35.1 Å². The molecule has 1 aliphatic heterocycles. The molecule has 31 heavy (non-hydrogen) atoms. The predicted octanol–water partition coefficient (Wildman–Crippen LogP) is 2.38. The first kappa shape index (κ1) is 23.3. The van der Waals surface area contributed by atoms with E-state index in [1.807, 2.05) is 0 Å². The van der Waals surface area contributed by atoms with Crippen LogP contribution in [0.2, 0.25) is 5.02 Å². The zero-order valence-corrected chi connectivity index (χ0v) is 18.8. The van der Waals surface area contributed by atoms with Gasteiger partial charge in [-0.25, -0.2) is 21.6 Å². The molecule has 1 heterocycles. The van der Waals surface area contributed by atoms with Crippen molar-refractivity contribution in [3.05, 3.63) is 47.5 Å². The average molecular weight is 489 g/mol. The van der Waals surface area contributed by atoms with E-state index in [2.05, 4.69) is 15.4 Å². The molecular formula is C18H21ClN4O6S2. The molecule has 0 unspecified atom stereocenters. The fourth-order valence-corrected chi connectivity index (χ4v) is 4.98. The van der Waals surface area contributed by atoms with Gasteiger partial charge in [0.15, 0.2) is 0 Å². The Kier molecular flexibility index (Phi) is 7.06. The van der Waals surface area contributed by atoms with E-state index in [0.29, 0.717) is 24.6 Å². The third-order valence-electron chi connectivity index (χ3n) is 4.24. The Balaban J connectivity index is 1.70. The van der Waals surface area contributed by atoms with Crippen LogP contribution in [0.15, 0.2) is 47.4 Å². The number of benzene rings is 2. The molecule has 3 N–H and O–H groups in total. The molecule has 168 valence electrons. The van der Waals surface area contributed by atoms with Gasteiger partial charge in [-0.3, -0.25) is 4.72 Å². The van der Waals surface area contributed by atoms with Gasteiger partial charge in [-0.05, 0) is 42.5 Å². The Hall–Kier alpha value is -2.38. The van der Waals surface area contributed by atoms with Gasteiger partial charge in [0.25, 0.3) is 0 Å². The van der Waals surface area contributed by atoms with Crippen LogP contribution in [0.5, 0.6) is 0 Å². The van der Waals surface area contributed by atoms with Crippen molar-refractivity contribution in [3.63, 3.8) is 0 Å². The Labute approximate surface area is 185 Å². The van der Waals surface area contributed by atoms with Crippen LogP contribution in [-0.2, 0) is 24.8 Å². The highest BCUT2D eigenvalue weighted by atomic mass is 35.5. The number of sulfonamides is 2. The third-order valence-corrected chi connectivity index (χ3v) is 7.07. The van der Waals surface area contributed by atoms with Crippen molar-refractivity contribution in [1.29, 1.82) is 0 Å². The quantitative estimate of drug-likeness (QED) is 0.571. The first-order valence-corrected chi connectivity index (χ1v) is 12.8. The van der Waals surface area contributed by atoms with Crippen molar-refractivity contribution < 1.29 is 26.4 Å². The maximum Gasteiger partial charge on any atom is 0.323 e. The minimum atomic E-state index is -3.75. The Morgan fingerprint density at radius 3 is 2.19 bits per heavy atom. The summed E-state index contributed by atoms with van der Waals surface area (Å²) in [5.41, 5.74) is 0.867. The number of amides is 2. The molecule has 13 heteroatoms. The molecule has 0 radical (unpaired) electrons. The van der Waals surface area contributed by atoms with Crippen LogP contribution in [0.4, 0.5) is 21.9 Å². The Bertz CT molecular complexity index is 1160. The van der Waals surface area contributed by atoms with Crippen molar-refractivity contribution >= 4 is 54.7 Å². The summed E-state index contributed by atoms with van der Waals surface area (Å²) in [6.07, 6.45) is 1.03. The molecule has 1 aliphatic rings. The van der Waals surface area contributed by atoms with Crippen LogP contribution >= 0.6 is 11.6 Å². The molecule has 2 aromatic carbocycles. The number of urea groups is 1. The van der Waals surface area contributed by atoms with Gasteiger partial charge in [0.2, 0.25) is 20.0 Å². The highest BCUT2D eigenvalue weighted by Gasteiger charge is 2.27. The van der Waals surface area contributed by atoms with Crippen molar-refractivity contribution in [2.75, 3.05) is 47.9 Å². The second-order valence-electron chi connectivity index (χ2n) is 6.69. The van der Waals surface area contributed by atoms with Gasteiger partial charge >= 0.3 is 6.03 Å². The number of nitrogens with zero attached hydrogens (tertiary/aromatic N) is 1. The zero-order chi connectivity index (χ0) is 22.6. The van der Waals surface area contributed by atoms with Crippen LogP contribution in [0, 0.1) is 0 Å². The second-order valence-corrected chi connectivity index (χ2v) is 10.8. The monoisotopic (exact) mass is 488 g/mol. The molecular weight excluding hydrogens is 468 g/mol. The first-order valence-electron chi connectivity index (χ1n) is 9.08. The molecule has 0 aromatic heterocycles. The van der Waals surface area contributed by atoms with Gasteiger partial charge < -0.3 is 15.4 Å². The normalized spacial score (nSPS) is 15.3. The number of halogens is 1. The molecule has 0 spiro atoms. The molecule has 3 rings (SSSR count). The number of hydrogen-bond acceptors (Lipinski definition) is 6. The van der Waals surface area contributed by atoms with Crippen LogP contribution in [0.1, 0.15) is 0 Å². The molecule has 2 aromatic rings. The summed E-state index contributed by atoms with van der Waals surface area (Å²) < 4.78 is 56.9. The highest BCUT2D eigenvalue weighted by Crippen LogP contribution is 2.27. The number of anilines is 3. The Morgan fingerprint density at radius 1 is 0.968 bits per heavy atom. The van der Waals surface area contributed by atoms with E-state index < -0.39 is 26.1 Å². The number of carbonyl (C=O) groups is 1. The van der Waals surface area contributed by atoms with E-state index in [4.69, 9.17) is 16.3 Å². The second kappa shape index (κ2) is 9.40. The smallest absolute Gasteiger partial charge is 0.323 e. The predicted molar refractivity (Wildman–Crippen MR) is 119 cm³/mol. The number of hydrogen-bond donors (Lipinski definition) is 3. The molecule has 0 aliphatic carbocycles. The first-order chi connectivity index (χ1) is 14.5. The zero-order valence-electron chi connectivity index (χ0n) is 16.5. The topological polar surface area (TPSA) is 134 Å². The van der Waals surface area contributed by atoms with Crippen molar-refractivity contribution in [2.45, 2.75) is 4.90 Å². The maximum atomic E-state index is 12.8. The lowest BCUT2D eigenvalue weighted by Gasteiger charge is -2.26. The summed E-state index contributed by atoms with van der Waals surface area (Å²) in [4.78, 5) is 12.3. The van der Waals surface area contributed by atoms with Crippen molar-refractivity contribution in [2.24, 2.45) is 0 Å². The van der Waals surface area contributed by atoms with Crippen LogP contribution in [0.3, 0.4) is 0 Å². The molecule has 2 amide bonds. The molecule has 10 nitrogen and oxygen atoms in total. The standard InChI is InChI=1S/C18H21ClN4O6S2/c1-30(25,26)22-14-4-2-13(3-5-14)20-18(24)21-17-12-15(6-7-16(17)19)31(27,28)23-8-10-29-11-9-23/h2-7,12,22H,8-11H2,1H3,(H2,20,21,24). The van der Waals surface area contributed by atoms with Gasteiger partial charge in [-0.1, -0.05) is 11.6 Å². The molecule has 0 saturated carbocycles. The molecule has 1 saturated heterocycles. The number of ether oxygens (including phenoxy) is 1. The lowest BCUT2D eigenvalue weighted by Crippen LogP contribution is -2.40. The Morgan fingerprint density at radius 2 is 1.58 bits per heavy atom. The fraction of sp³-hybridized carbons (Fsp3) is 0.278. The summed E-state index contributed by atoms with van der Waals surface area (Å²) in [6.45, 7) is 1.13. The van der Waals surface area contributed by atoms with Crippen LogP contribution in [0.25, 0.3) is 0 Å². The molecule has 1 fully saturated rings. The van der Waals surface area contributed by atoms with E-state index in [1.54, 1.807) is 0 Å². The molecule has 0 atom stereocenters. The largest absolute Gasteiger partial charge is 0.379 e. The third kappa shape index (κ3) is 6.31. The SMILES string of the molecule is CS(=O)(=O)Nc1ccc(NC(=O)Nc2cc(S(=O)(=O)N3CCOCC3)ccc2Cl)cc1. The average Bonchev–Trinajstić information content (AvgIpc) is 2.70. The van der Waals surface area contributed by atoms with E-state index in [9.17, 15) is 21.6 Å². The summed E-state index contributed by atoms with van der Waals surface area (Å²) in [7, 11) is -7.16. The maximum absolute atomic E-state index is 12.8. The minimum absolute atomic E-state index is 0.00491. The van der Waals surface area contributed by atoms with Crippen LogP contribution < -0.4 is 15.4 Å². The van der Waals surface area contributed by atoms with Crippen LogP contribution in [-0.4, -0.2) is 59.7 Å². The summed E-state index contributed by atoms with van der Waals surface area (Å²) >= 11 is 6.13. The lowest BCUT2D eigenvalue weighted by atomic mass is 10.3. The van der Waals surface area contributed by atoms with E-state index >= 15 is 0 Å².